The molecule has 0 bridgehead atoms. The van der Waals surface area contributed by atoms with Gasteiger partial charge in [-0.05, 0) is 83.5 Å². The number of amides is 1. The van der Waals surface area contributed by atoms with Crippen LogP contribution in [0.3, 0.4) is 0 Å². The van der Waals surface area contributed by atoms with Gasteiger partial charge in [-0.3, -0.25) is 14.4 Å². The Bertz CT molecular complexity index is 958. The highest BCUT2D eigenvalue weighted by Gasteiger charge is 2.16. The molecule has 0 saturated carbocycles. The first kappa shape index (κ1) is 49.3. The van der Waals surface area contributed by atoms with Gasteiger partial charge in [-0.2, -0.15) is 0 Å². The second-order valence-corrected chi connectivity index (χ2v) is 13.8. The third kappa shape index (κ3) is 37.1. The topological polar surface area (TPSA) is 113 Å². The molecule has 8 nitrogen and oxygen atoms in total. The van der Waals surface area contributed by atoms with Gasteiger partial charge in [0.25, 0.3) is 0 Å². The number of carbonyl (C=O) groups excluding carboxylic acids is 2. The molecule has 0 saturated heterocycles. The number of unbranched alkanes of at least 4 members (excludes halogenated alkanes) is 16. The lowest BCUT2D eigenvalue weighted by molar-refractivity contribution is -0.147. The maximum atomic E-state index is 12.6. The van der Waals surface area contributed by atoms with Gasteiger partial charge in [-0.25, -0.2) is 0 Å². The molecule has 1 atom stereocenters. The number of allylic oxidation sites excluding steroid dienone is 8. The van der Waals surface area contributed by atoms with E-state index in [1.165, 1.54) is 69.1 Å². The molecule has 0 radical (unpaired) electrons. The average Bonchev–Trinajstić information content (AvgIpc) is 3.13. The number of rotatable bonds is 38. The summed E-state index contributed by atoms with van der Waals surface area (Å²) in [6.45, 7) is 4.99. The molecule has 0 aromatic carbocycles. The Morgan fingerprint density at radius 2 is 1.02 bits per heavy atom. The van der Waals surface area contributed by atoms with Crippen molar-refractivity contribution in [2.45, 2.75) is 187 Å². The van der Waals surface area contributed by atoms with E-state index in [1.807, 2.05) is 0 Å². The summed E-state index contributed by atoms with van der Waals surface area (Å²) in [5.41, 5.74) is 0. The fraction of sp³-hybridized carbons (Fsp3) is 0.750. The van der Waals surface area contributed by atoms with Crippen LogP contribution in [-0.4, -0.2) is 65.6 Å². The molecule has 2 N–H and O–H groups in total. The van der Waals surface area contributed by atoms with Crippen LogP contribution >= 0.6 is 0 Å². The summed E-state index contributed by atoms with van der Waals surface area (Å²) in [6, 6.07) is 0. The van der Waals surface area contributed by atoms with Crippen molar-refractivity contribution in [1.29, 1.82) is 0 Å². The van der Waals surface area contributed by atoms with Gasteiger partial charge in [0.15, 0.2) is 6.29 Å². The van der Waals surface area contributed by atoms with Crippen molar-refractivity contribution in [3.63, 3.8) is 0 Å². The lowest BCUT2D eigenvalue weighted by Crippen LogP contribution is -2.37. The summed E-state index contributed by atoms with van der Waals surface area (Å²) in [4.78, 5) is 37.3. The third-order valence-electron chi connectivity index (χ3n) is 8.93. The first-order chi connectivity index (χ1) is 25.4. The first-order valence-electron chi connectivity index (χ1n) is 20.9. The number of carbonyl (C=O) groups is 3. The SMILES string of the molecule is CCCCC/C=C\C/C=C\CCCCCCCC(=O)OCCN(CCOC(O)CCCCCCC/C=C\C/C=C\CCCCC)C(=O)CCC(=O)O. The van der Waals surface area contributed by atoms with E-state index in [4.69, 9.17) is 14.6 Å². The average molecular weight is 732 g/mol. The Labute approximate surface area is 318 Å². The fourth-order valence-corrected chi connectivity index (χ4v) is 5.67. The normalized spacial score (nSPS) is 12.5. The minimum absolute atomic E-state index is 0.0480. The third-order valence-corrected chi connectivity index (χ3v) is 8.93. The Balaban J connectivity index is 4.05. The number of aliphatic hydroxyl groups is 1. The van der Waals surface area contributed by atoms with Crippen LogP contribution in [0.25, 0.3) is 0 Å². The first-order valence-corrected chi connectivity index (χ1v) is 20.9. The van der Waals surface area contributed by atoms with Crippen LogP contribution in [-0.2, 0) is 23.9 Å². The molecular weight excluding hydrogens is 654 g/mol. The zero-order chi connectivity index (χ0) is 38.2. The highest BCUT2D eigenvalue weighted by Crippen LogP contribution is 2.12. The van der Waals surface area contributed by atoms with E-state index in [0.717, 1.165) is 77.0 Å². The van der Waals surface area contributed by atoms with E-state index >= 15 is 0 Å². The van der Waals surface area contributed by atoms with E-state index < -0.39 is 12.3 Å². The summed E-state index contributed by atoms with van der Waals surface area (Å²) in [5.74, 6) is -1.66. The van der Waals surface area contributed by atoms with E-state index in [0.29, 0.717) is 12.8 Å². The van der Waals surface area contributed by atoms with Crippen LogP contribution in [0.2, 0.25) is 0 Å². The number of nitrogens with zero attached hydrogens (tertiary/aromatic N) is 1. The number of ether oxygens (including phenoxy) is 2. The van der Waals surface area contributed by atoms with Crippen LogP contribution in [0.15, 0.2) is 48.6 Å². The minimum atomic E-state index is -1.04. The lowest BCUT2D eigenvalue weighted by atomic mass is 10.1. The molecule has 1 amide bonds. The maximum absolute atomic E-state index is 12.6. The van der Waals surface area contributed by atoms with Crippen LogP contribution < -0.4 is 0 Å². The van der Waals surface area contributed by atoms with E-state index in [9.17, 15) is 19.5 Å². The van der Waals surface area contributed by atoms with Crippen LogP contribution in [0, 0.1) is 0 Å². The largest absolute Gasteiger partial charge is 0.481 e. The van der Waals surface area contributed by atoms with Gasteiger partial charge in [0.05, 0.1) is 19.6 Å². The van der Waals surface area contributed by atoms with Crippen molar-refractivity contribution in [1.82, 2.24) is 4.90 Å². The van der Waals surface area contributed by atoms with Crippen LogP contribution in [0.4, 0.5) is 0 Å². The van der Waals surface area contributed by atoms with Gasteiger partial charge in [0.2, 0.25) is 5.91 Å². The number of aliphatic hydroxyl groups excluding tert-OH is 1. The summed E-state index contributed by atoms with van der Waals surface area (Å²) >= 11 is 0. The Morgan fingerprint density at radius 3 is 1.54 bits per heavy atom. The van der Waals surface area contributed by atoms with Crippen LogP contribution in [0.1, 0.15) is 181 Å². The van der Waals surface area contributed by atoms with Crippen molar-refractivity contribution in [3.8, 4) is 0 Å². The molecule has 0 spiro atoms. The Morgan fingerprint density at radius 1 is 0.558 bits per heavy atom. The van der Waals surface area contributed by atoms with E-state index in [1.54, 1.807) is 0 Å². The van der Waals surface area contributed by atoms with Gasteiger partial charge >= 0.3 is 11.9 Å². The molecule has 0 aromatic heterocycles. The van der Waals surface area contributed by atoms with Gasteiger partial charge in [0, 0.05) is 19.4 Å². The number of hydrogen-bond donors (Lipinski definition) is 2. The standard InChI is InChI=1S/C44H77NO7/c1-3-5-7-9-11-13-15-17-19-21-23-25-27-29-31-33-43(49)51-39-37-45(41(46)35-36-42(47)48)38-40-52-44(50)34-32-30-28-26-24-22-20-18-16-14-12-10-8-6-4-2/h11-14,17-20,43,49H,3-10,15-16,21-40H2,1-2H3,(H,47,48)/b13-11-,14-12-,19-17-,20-18-. The van der Waals surface area contributed by atoms with Crippen molar-refractivity contribution < 1.29 is 34.1 Å². The molecule has 0 aromatic rings. The number of carboxylic acid groups (broad SMARTS) is 1. The fourth-order valence-electron chi connectivity index (χ4n) is 5.67. The molecule has 0 fully saturated rings. The van der Waals surface area contributed by atoms with E-state index in [-0.39, 0.29) is 51.0 Å². The Kier molecular flexibility index (Phi) is 37.4. The molecule has 0 heterocycles. The second kappa shape index (κ2) is 39.5. The highest BCUT2D eigenvalue weighted by molar-refractivity contribution is 5.80. The number of esters is 1. The lowest BCUT2D eigenvalue weighted by Gasteiger charge is -2.23. The molecular formula is C44H77NO7. The van der Waals surface area contributed by atoms with Gasteiger partial charge < -0.3 is 24.6 Å². The van der Waals surface area contributed by atoms with Gasteiger partial charge in [0.1, 0.15) is 6.61 Å². The van der Waals surface area contributed by atoms with Crippen molar-refractivity contribution in [3.05, 3.63) is 48.6 Å². The molecule has 0 rings (SSSR count). The zero-order valence-corrected chi connectivity index (χ0v) is 33.3. The van der Waals surface area contributed by atoms with Crippen molar-refractivity contribution in [2.24, 2.45) is 0 Å². The molecule has 0 aliphatic heterocycles. The predicted molar refractivity (Wildman–Crippen MR) is 215 cm³/mol. The monoisotopic (exact) mass is 732 g/mol. The molecule has 0 aliphatic carbocycles. The van der Waals surface area contributed by atoms with Gasteiger partial charge in [-0.1, -0.05) is 127 Å². The summed E-state index contributed by atoms with van der Waals surface area (Å²) in [7, 11) is 0. The summed E-state index contributed by atoms with van der Waals surface area (Å²) in [6.07, 6.45) is 42.5. The van der Waals surface area contributed by atoms with Crippen molar-refractivity contribution in [2.75, 3.05) is 26.3 Å². The summed E-state index contributed by atoms with van der Waals surface area (Å²) < 4.78 is 10.9. The molecule has 1 unspecified atom stereocenters. The quantitative estimate of drug-likeness (QED) is 0.0281. The number of aliphatic carboxylic acids is 1. The predicted octanol–water partition coefficient (Wildman–Crippen LogP) is 11.2. The van der Waals surface area contributed by atoms with Gasteiger partial charge in [-0.15, -0.1) is 0 Å². The maximum Gasteiger partial charge on any atom is 0.305 e. The number of hydrogen-bond acceptors (Lipinski definition) is 6. The highest BCUT2D eigenvalue weighted by atomic mass is 16.6. The van der Waals surface area contributed by atoms with Crippen molar-refractivity contribution >= 4 is 17.8 Å². The Hall–Kier alpha value is -2.71. The minimum Gasteiger partial charge on any atom is -0.481 e. The molecule has 52 heavy (non-hydrogen) atoms. The molecule has 0 aliphatic rings. The smallest absolute Gasteiger partial charge is 0.305 e. The molecule has 8 heteroatoms. The second-order valence-electron chi connectivity index (χ2n) is 13.8. The molecule has 300 valence electrons. The van der Waals surface area contributed by atoms with Crippen LogP contribution in [0.5, 0.6) is 0 Å². The zero-order valence-electron chi connectivity index (χ0n) is 33.3. The number of carboxylic acids is 1. The van der Waals surface area contributed by atoms with E-state index in [2.05, 4.69) is 62.5 Å². The summed E-state index contributed by atoms with van der Waals surface area (Å²) in [5, 5.41) is 19.3.